The molecule has 0 spiro atoms. The van der Waals surface area contributed by atoms with Crippen molar-refractivity contribution in [1.82, 2.24) is 4.72 Å². The van der Waals surface area contributed by atoms with Crippen molar-refractivity contribution in [3.05, 3.63) is 54.1 Å². The van der Waals surface area contributed by atoms with Crippen LogP contribution in [-0.4, -0.2) is 39.4 Å². The van der Waals surface area contributed by atoms with Crippen LogP contribution in [0.3, 0.4) is 0 Å². The van der Waals surface area contributed by atoms with Gasteiger partial charge in [0.25, 0.3) is 5.91 Å². The Morgan fingerprint density at radius 1 is 1.00 bits per heavy atom. The molecule has 2 amide bonds. The number of carbonyl (C=O) groups is 2. The number of nitrogens with one attached hydrogen (secondary N) is 2. The average Bonchev–Trinajstić information content (AvgIpc) is 2.73. The van der Waals surface area contributed by atoms with Gasteiger partial charge in [0.15, 0.2) is 0 Å². The van der Waals surface area contributed by atoms with E-state index in [1.54, 1.807) is 13.8 Å². The number of nitrogens with zero attached hydrogens (tertiary/aromatic N) is 1. The summed E-state index contributed by atoms with van der Waals surface area (Å²) in [5.41, 5.74) is 7.40. The lowest BCUT2D eigenvalue weighted by Gasteiger charge is -2.32. The van der Waals surface area contributed by atoms with Crippen LogP contribution in [0.2, 0.25) is 0 Å². The third-order valence-electron chi connectivity index (χ3n) is 5.21. The number of benzene rings is 2. The van der Waals surface area contributed by atoms with Crippen molar-refractivity contribution in [2.24, 2.45) is 11.7 Å². The summed E-state index contributed by atoms with van der Waals surface area (Å²) in [6, 6.07) is 13.1. The molecular weight excluding hydrogens is 416 g/mol. The first kappa shape index (κ1) is 22.8. The summed E-state index contributed by atoms with van der Waals surface area (Å²) in [5, 5.41) is 2.82. The lowest BCUT2D eigenvalue weighted by molar-refractivity contribution is -0.122. The van der Waals surface area contributed by atoms with Crippen molar-refractivity contribution < 1.29 is 18.0 Å². The van der Waals surface area contributed by atoms with Gasteiger partial charge in [0.2, 0.25) is 15.9 Å². The molecule has 3 rings (SSSR count). The van der Waals surface area contributed by atoms with Gasteiger partial charge in [-0.25, -0.2) is 13.1 Å². The SMILES string of the molecule is CC(C)NS(=O)(=O)c1ccc(C(=O)Nc2ccc(N3CCC(C(N)=O)CC3)cc2)cc1. The fraction of sp³-hybridized carbons (Fsp3) is 0.364. The second-order valence-corrected chi connectivity index (χ2v) is 9.68. The molecule has 1 saturated heterocycles. The van der Waals surface area contributed by atoms with E-state index in [1.807, 2.05) is 24.3 Å². The van der Waals surface area contributed by atoms with E-state index in [0.29, 0.717) is 11.3 Å². The first-order chi connectivity index (χ1) is 14.7. The smallest absolute Gasteiger partial charge is 0.255 e. The lowest BCUT2D eigenvalue weighted by Crippen LogP contribution is -2.38. The normalized spacial score (nSPS) is 15.1. The Hall–Kier alpha value is -2.91. The molecule has 0 aromatic heterocycles. The van der Waals surface area contributed by atoms with Crippen LogP contribution in [0.15, 0.2) is 53.4 Å². The predicted octanol–water partition coefficient (Wildman–Crippen LogP) is 2.33. The molecule has 0 atom stereocenters. The van der Waals surface area contributed by atoms with E-state index in [1.165, 1.54) is 24.3 Å². The number of amides is 2. The Balaban J connectivity index is 1.60. The van der Waals surface area contributed by atoms with Crippen molar-refractivity contribution in [1.29, 1.82) is 0 Å². The predicted molar refractivity (Wildman–Crippen MR) is 120 cm³/mol. The number of anilines is 2. The number of rotatable bonds is 7. The molecule has 0 aliphatic carbocycles. The van der Waals surface area contributed by atoms with Crippen LogP contribution < -0.4 is 20.7 Å². The largest absolute Gasteiger partial charge is 0.371 e. The van der Waals surface area contributed by atoms with Crippen LogP contribution in [0.1, 0.15) is 37.0 Å². The van der Waals surface area contributed by atoms with Crippen molar-refractivity contribution >= 4 is 33.2 Å². The van der Waals surface area contributed by atoms with Gasteiger partial charge in [-0.05, 0) is 75.2 Å². The summed E-state index contributed by atoms with van der Waals surface area (Å²) in [6.07, 6.45) is 1.48. The third kappa shape index (κ3) is 5.83. The quantitative estimate of drug-likeness (QED) is 0.605. The summed E-state index contributed by atoms with van der Waals surface area (Å²) in [6.45, 7) is 5.02. The molecule has 2 aromatic carbocycles. The highest BCUT2D eigenvalue weighted by Crippen LogP contribution is 2.24. The van der Waals surface area contributed by atoms with Crippen LogP contribution in [0.5, 0.6) is 0 Å². The van der Waals surface area contributed by atoms with E-state index in [0.717, 1.165) is 31.6 Å². The van der Waals surface area contributed by atoms with Gasteiger partial charge in [-0.2, -0.15) is 0 Å². The minimum absolute atomic E-state index is 0.0580. The van der Waals surface area contributed by atoms with Gasteiger partial charge in [-0.1, -0.05) is 0 Å². The maximum atomic E-state index is 12.5. The number of nitrogens with two attached hydrogens (primary N) is 1. The van der Waals surface area contributed by atoms with Crippen LogP contribution in [-0.2, 0) is 14.8 Å². The second kappa shape index (κ2) is 9.49. The molecular formula is C22H28N4O4S. The highest BCUT2D eigenvalue weighted by molar-refractivity contribution is 7.89. The van der Waals surface area contributed by atoms with Gasteiger partial charge in [-0.3, -0.25) is 9.59 Å². The van der Waals surface area contributed by atoms with E-state index in [-0.39, 0.29) is 28.7 Å². The Bertz CT molecular complexity index is 1030. The molecule has 8 nitrogen and oxygen atoms in total. The molecule has 2 aromatic rings. The first-order valence-electron chi connectivity index (χ1n) is 10.2. The molecule has 1 aliphatic heterocycles. The monoisotopic (exact) mass is 444 g/mol. The van der Waals surface area contributed by atoms with E-state index in [2.05, 4.69) is 14.9 Å². The van der Waals surface area contributed by atoms with E-state index < -0.39 is 10.0 Å². The van der Waals surface area contributed by atoms with E-state index in [9.17, 15) is 18.0 Å². The second-order valence-electron chi connectivity index (χ2n) is 7.97. The fourth-order valence-electron chi connectivity index (χ4n) is 3.54. The number of carbonyl (C=O) groups excluding carboxylic acids is 2. The first-order valence-corrected chi connectivity index (χ1v) is 11.7. The molecule has 0 radical (unpaired) electrons. The highest BCUT2D eigenvalue weighted by atomic mass is 32.2. The van der Waals surface area contributed by atoms with Crippen molar-refractivity contribution in [2.75, 3.05) is 23.3 Å². The summed E-state index contributed by atoms with van der Waals surface area (Å²) in [4.78, 5) is 26.1. The molecule has 0 bridgehead atoms. The molecule has 31 heavy (non-hydrogen) atoms. The summed E-state index contributed by atoms with van der Waals surface area (Å²) < 4.78 is 26.9. The van der Waals surface area contributed by atoms with Crippen molar-refractivity contribution in [3.63, 3.8) is 0 Å². The van der Waals surface area contributed by atoms with Gasteiger partial charge in [0, 0.05) is 42.0 Å². The molecule has 1 heterocycles. The van der Waals surface area contributed by atoms with Crippen LogP contribution >= 0.6 is 0 Å². The molecule has 4 N–H and O–H groups in total. The summed E-state index contributed by atoms with van der Waals surface area (Å²) in [7, 11) is -3.60. The lowest BCUT2D eigenvalue weighted by atomic mass is 9.96. The zero-order valence-corrected chi connectivity index (χ0v) is 18.5. The van der Waals surface area contributed by atoms with Crippen molar-refractivity contribution in [2.45, 2.75) is 37.6 Å². The number of sulfonamides is 1. The third-order valence-corrected chi connectivity index (χ3v) is 6.88. The maximum absolute atomic E-state index is 12.5. The molecule has 0 unspecified atom stereocenters. The van der Waals surface area contributed by atoms with Gasteiger partial charge in [0.1, 0.15) is 0 Å². The van der Waals surface area contributed by atoms with Crippen LogP contribution in [0.25, 0.3) is 0 Å². The highest BCUT2D eigenvalue weighted by Gasteiger charge is 2.23. The van der Waals surface area contributed by atoms with Gasteiger partial charge in [-0.15, -0.1) is 0 Å². The van der Waals surface area contributed by atoms with Gasteiger partial charge >= 0.3 is 0 Å². The standard InChI is InChI=1S/C22H28N4O4S/c1-15(2)25-31(29,30)20-9-3-17(4-10-20)22(28)24-18-5-7-19(8-6-18)26-13-11-16(12-14-26)21(23)27/h3-10,15-16,25H,11-14H2,1-2H3,(H2,23,27)(H,24,28). The molecule has 0 saturated carbocycles. The van der Waals surface area contributed by atoms with Crippen LogP contribution in [0.4, 0.5) is 11.4 Å². The zero-order valence-electron chi connectivity index (χ0n) is 17.7. The molecule has 166 valence electrons. The molecule has 1 aliphatic rings. The summed E-state index contributed by atoms with van der Waals surface area (Å²) >= 11 is 0. The topological polar surface area (TPSA) is 122 Å². The minimum atomic E-state index is -3.60. The number of hydrogen-bond acceptors (Lipinski definition) is 5. The van der Waals surface area contributed by atoms with Gasteiger partial charge in [0.05, 0.1) is 4.90 Å². The Kier molecular flexibility index (Phi) is 6.97. The Morgan fingerprint density at radius 3 is 2.10 bits per heavy atom. The van der Waals surface area contributed by atoms with Crippen LogP contribution in [0, 0.1) is 5.92 Å². The van der Waals surface area contributed by atoms with E-state index in [4.69, 9.17) is 5.73 Å². The minimum Gasteiger partial charge on any atom is -0.371 e. The van der Waals surface area contributed by atoms with Gasteiger partial charge < -0.3 is 16.0 Å². The maximum Gasteiger partial charge on any atom is 0.255 e. The summed E-state index contributed by atoms with van der Waals surface area (Å²) in [5.74, 6) is -0.618. The number of piperidine rings is 1. The number of primary amides is 1. The van der Waals surface area contributed by atoms with Crippen molar-refractivity contribution in [3.8, 4) is 0 Å². The molecule has 9 heteroatoms. The zero-order chi connectivity index (χ0) is 22.6. The Labute approximate surface area is 182 Å². The molecule has 1 fully saturated rings. The number of hydrogen-bond donors (Lipinski definition) is 3. The fourth-order valence-corrected chi connectivity index (χ4v) is 4.80. The van der Waals surface area contributed by atoms with E-state index >= 15 is 0 Å². The average molecular weight is 445 g/mol. The Morgan fingerprint density at radius 2 is 1.58 bits per heavy atom.